The summed E-state index contributed by atoms with van der Waals surface area (Å²) in [5.41, 5.74) is 2.12. The predicted octanol–water partition coefficient (Wildman–Crippen LogP) is 3.05. The quantitative estimate of drug-likeness (QED) is 0.863. The molecule has 2 rings (SSSR count). The SMILES string of the molecule is CNC(C)c1ccc(N2CCCCCC2)cc1O. The van der Waals surface area contributed by atoms with E-state index in [1.54, 1.807) is 0 Å². The van der Waals surface area contributed by atoms with Gasteiger partial charge in [-0.15, -0.1) is 0 Å². The molecule has 1 heterocycles. The Balaban J connectivity index is 2.16. The van der Waals surface area contributed by atoms with E-state index in [1.807, 2.05) is 19.2 Å². The van der Waals surface area contributed by atoms with E-state index in [-0.39, 0.29) is 6.04 Å². The molecule has 1 fully saturated rings. The van der Waals surface area contributed by atoms with Gasteiger partial charge in [-0.05, 0) is 32.9 Å². The molecule has 1 aromatic rings. The van der Waals surface area contributed by atoms with Crippen molar-refractivity contribution >= 4 is 5.69 Å². The van der Waals surface area contributed by atoms with Crippen molar-refractivity contribution in [3.8, 4) is 5.75 Å². The molecule has 0 bridgehead atoms. The van der Waals surface area contributed by atoms with E-state index >= 15 is 0 Å². The minimum absolute atomic E-state index is 0.184. The molecule has 1 aliphatic heterocycles. The first-order valence-corrected chi connectivity index (χ1v) is 6.97. The Morgan fingerprint density at radius 3 is 2.39 bits per heavy atom. The largest absolute Gasteiger partial charge is 0.508 e. The minimum Gasteiger partial charge on any atom is -0.508 e. The molecule has 1 aromatic carbocycles. The molecule has 3 heteroatoms. The zero-order chi connectivity index (χ0) is 13.0. The number of nitrogens with zero attached hydrogens (tertiary/aromatic N) is 1. The molecule has 1 aliphatic rings. The van der Waals surface area contributed by atoms with Gasteiger partial charge in [-0.2, -0.15) is 0 Å². The highest BCUT2D eigenvalue weighted by atomic mass is 16.3. The summed E-state index contributed by atoms with van der Waals surface area (Å²) in [5, 5.41) is 13.3. The lowest BCUT2D eigenvalue weighted by Gasteiger charge is -2.24. The Bertz CT molecular complexity index is 384. The Morgan fingerprint density at radius 2 is 1.83 bits per heavy atom. The third kappa shape index (κ3) is 2.96. The molecule has 2 N–H and O–H groups in total. The lowest BCUT2D eigenvalue weighted by Crippen LogP contribution is -2.23. The lowest BCUT2D eigenvalue weighted by molar-refractivity contribution is 0.458. The van der Waals surface area contributed by atoms with Crippen molar-refractivity contribution in [2.45, 2.75) is 38.6 Å². The number of phenols is 1. The maximum Gasteiger partial charge on any atom is 0.122 e. The third-order valence-corrected chi connectivity index (χ3v) is 3.88. The molecule has 0 spiro atoms. The molecule has 3 nitrogen and oxygen atoms in total. The van der Waals surface area contributed by atoms with Gasteiger partial charge >= 0.3 is 0 Å². The van der Waals surface area contributed by atoms with Crippen molar-refractivity contribution in [1.82, 2.24) is 5.32 Å². The van der Waals surface area contributed by atoms with Crippen LogP contribution in [-0.4, -0.2) is 25.2 Å². The summed E-state index contributed by atoms with van der Waals surface area (Å²) in [7, 11) is 1.91. The lowest BCUT2D eigenvalue weighted by atomic mass is 10.1. The van der Waals surface area contributed by atoms with E-state index < -0.39 is 0 Å². The van der Waals surface area contributed by atoms with Gasteiger partial charge in [0.25, 0.3) is 0 Å². The monoisotopic (exact) mass is 248 g/mol. The van der Waals surface area contributed by atoms with E-state index in [1.165, 1.54) is 25.7 Å². The molecular weight excluding hydrogens is 224 g/mol. The van der Waals surface area contributed by atoms with Crippen LogP contribution in [0.25, 0.3) is 0 Å². The van der Waals surface area contributed by atoms with Crippen LogP contribution in [0.4, 0.5) is 5.69 Å². The number of aromatic hydroxyl groups is 1. The standard InChI is InChI=1S/C15H24N2O/c1-12(16-2)14-8-7-13(11-15(14)18)17-9-5-3-4-6-10-17/h7-8,11-12,16,18H,3-6,9-10H2,1-2H3. The number of phenolic OH excluding ortho intramolecular Hbond substituents is 1. The second kappa shape index (κ2) is 6.10. The molecule has 1 unspecified atom stereocenters. The van der Waals surface area contributed by atoms with Gasteiger partial charge in [0.05, 0.1) is 0 Å². The van der Waals surface area contributed by atoms with Crippen LogP contribution in [0.1, 0.15) is 44.2 Å². The van der Waals surface area contributed by atoms with E-state index in [9.17, 15) is 5.11 Å². The van der Waals surface area contributed by atoms with Crippen LogP contribution in [0.5, 0.6) is 5.75 Å². The van der Waals surface area contributed by atoms with Crippen LogP contribution in [-0.2, 0) is 0 Å². The van der Waals surface area contributed by atoms with Crippen molar-refractivity contribution in [2.75, 3.05) is 25.0 Å². The average Bonchev–Trinajstić information content (AvgIpc) is 2.66. The summed E-state index contributed by atoms with van der Waals surface area (Å²) in [6.07, 6.45) is 5.18. The highest BCUT2D eigenvalue weighted by molar-refractivity contribution is 5.54. The summed E-state index contributed by atoms with van der Waals surface area (Å²) in [6, 6.07) is 6.27. The normalized spacial score (nSPS) is 18.4. The van der Waals surface area contributed by atoms with Crippen molar-refractivity contribution in [2.24, 2.45) is 0 Å². The predicted molar refractivity (Wildman–Crippen MR) is 76.3 cm³/mol. The molecule has 0 aliphatic carbocycles. The second-order valence-corrected chi connectivity index (χ2v) is 5.15. The Kier molecular flexibility index (Phi) is 4.48. The van der Waals surface area contributed by atoms with E-state index in [4.69, 9.17) is 0 Å². The highest BCUT2D eigenvalue weighted by Gasteiger charge is 2.13. The number of hydrogen-bond acceptors (Lipinski definition) is 3. The maximum absolute atomic E-state index is 10.1. The fraction of sp³-hybridized carbons (Fsp3) is 0.600. The summed E-state index contributed by atoms with van der Waals surface area (Å²) in [5.74, 6) is 0.401. The first-order valence-electron chi connectivity index (χ1n) is 6.97. The number of hydrogen-bond donors (Lipinski definition) is 2. The maximum atomic E-state index is 10.1. The van der Waals surface area contributed by atoms with Crippen molar-refractivity contribution in [3.63, 3.8) is 0 Å². The van der Waals surface area contributed by atoms with Crippen molar-refractivity contribution in [3.05, 3.63) is 23.8 Å². The zero-order valence-electron chi connectivity index (χ0n) is 11.4. The van der Waals surface area contributed by atoms with Gasteiger partial charge in [0, 0.05) is 36.4 Å². The first-order chi connectivity index (χ1) is 8.72. The number of benzene rings is 1. The van der Waals surface area contributed by atoms with E-state index in [0.29, 0.717) is 5.75 Å². The number of rotatable bonds is 3. The summed E-state index contributed by atoms with van der Waals surface area (Å²) in [6.45, 7) is 4.28. The minimum atomic E-state index is 0.184. The Hall–Kier alpha value is -1.22. The van der Waals surface area contributed by atoms with E-state index in [2.05, 4.69) is 23.2 Å². The van der Waals surface area contributed by atoms with Gasteiger partial charge in [0.15, 0.2) is 0 Å². The molecule has 0 amide bonds. The molecule has 0 radical (unpaired) electrons. The zero-order valence-corrected chi connectivity index (χ0v) is 11.4. The van der Waals surface area contributed by atoms with Gasteiger partial charge in [-0.25, -0.2) is 0 Å². The summed E-state index contributed by atoms with van der Waals surface area (Å²) < 4.78 is 0. The highest BCUT2D eigenvalue weighted by Crippen LogP contribution is 2.29. The number of nitrogens with one attached hydrogen (secondary N) is 1. The van der Waals surface area contributed by atoms with Crippen LogP contribution < -0.4 is 10.2 Å². The molecule has 1 atom stereocenters. The molecule has 100 valence electrons. The third-order valence-electron chi connectivity index (χ3n) is 3.88. The molecule has 0 saturated carbocycles. The fourth-order valence-electron chi connectivity index (χ4n) is 2.58. The summed E-state index contributed by atoms with van der Waals surface area (Å²) >= 11 is 0. The molecule has 18 heavy (non-hydrogen) atoms. The first kappa shape index (κ1) is 13.2. The summed E-state index contributed by atoms with van der Waals surface area (Å²) in [4.78, 5) is 2.39. The Labute approximate surface area is 110 Å². The van der Waals surface area contributed by atoms with Gasteiger partial charge in [-0.3, -0.25) is 0 Å². The van der Waals surface area contributed by atoms with Gasteiger partial charge in [0.1, 0.15) is 5.75 Å². The van der Waals surface area contributed by atoms with Gasteiger partial charge < -0.3 is 15.3 Å². The fourth-order valence-corrected chi connectivity index (χ4v) is 2.58. The topological polar surface area (TPSA) is 35.5 Å². The van der Waals surface area contributed by atoms with Crippen molar-refractivity contribution < 1.29 is 5.11 Å². The van der Waals surface area contributed by atoms with Crippen molar-refractivity contribution in [1.29, 1.82) is 0 Å². The van der Waals surface area contributed by atoms with Crippen LogP contribution in [0.15, 0.2) is 18.2 Å². The molecule has 1 saturated heterocycles. The van der Waals surface area contributed by atoms with Crippen LogP contribution in [0, 0.1) is 0 Å². The van der Waals surface area contributed by atoms with Gasteiger partial charge in [0.2, 0.25) is 0 Å². The van der Waals surface area contributed by atoms with Crippen LogP contribution >= 0.6 is 0 Å². The average molecular weight is 248 g/mol. The smallest absolute Gasteiger partial charge is 0.122 e. The molecule has 0 aromatic heterocycles. The van der Waals surface area contributed by atoms with Crippen LogP contribution in [0.2, 0.25) is 0 Å². The number of anilines is 1. The van der Waals surface area contributed by atoms with Crippen LogP contribution in [0.3, 0.4) is 0 Å². The second-order valence-electron chi connectivity index (χ2n) is 5.15. The van der Waals surface area contributed by atoms with E-state index in [0.717, 1.165) is 24.3 Å². The van der Waals surface area contributed by atoms with Gasteiger partial charge in [-0.1, -0.05) is 18.9 Å². The molecular formula is C15H24N2O. The Morgan fingerprint density at radius 1 is 1.17 bits per heavy atom.